The summed E-state index contributed by atoms with van der Waals surface area (Å²) in [5, 5.41) is 20.0. The summed E-state index contributed by atoms with van der Waals surface area (Å²) in [4.78, 5) is 11.2. The minimum absolute atomic E-state index is 0.0945. The number of carbonyl (C=O) groups is 1. The van der Waals surface area contributed by atoms with Gasteiger partial charge >= 0.3 is 5.97 Å². The van der Waals surface area contributed by atoms with E-state index in [4.69, 9.17) is 5.11 Å². The van der Waals surface area contributed by atoms with E-state index in [0.717, 1.165) is 6.26 Å². The second kappa shape index (κ2) is 5.41. The monoisotopic (exact) mass is 295 g/mol. The van der Waals surface area contributed by atoms with E-state index in [2.05, 4.69) is 15.5 Å². The van der Waals surface area contributed by atoms with Crippen LogP contribution >= 0.6 is 0 Å². The molecule has 0 amide bonds. The first-order valence-corrected chi connectivity index (χ1v) is 7.85. The molecule has 8 heteroatoms. The van der Waals surface area contributed by atoms with Crippen molar-refractivity contribution in [3.63, 3.8) is 0 Å². The Morgan fingerprint density at radius 3 is 2.65 bits per heavy atom. The van der Waals surface area contributed by atoms with Gasteiger partial charge in [0.1, 0.15) is 9.84 Å². The maximum atomic E-state index is 11.2. The van der Waals surface area contributed by atoms with Crippen LogP contribution in [0.25, 0.3) is 10.9 Å². The molecule has 7 nitrogen and oxygen atoms in total. The number of benzene rings is 1. The standard InChI is InChI=1S/C12H13N3O4S/c1-20(18,19)7-6-13-10-8-4-2-3-5-9(8)14-15-11(10)12(16)17/h2-5H,6-7H2,1H3,(H,13,14)(H,16,17). The number of nitrogens with zero attached hydrogens (tertiary/aromatic N) is 2. The van der Waals surface area contributed by atoms with E-state index in [1.54, 1.807) is 24.3 Å². The zero-order valence-corrected chi connectivity index (χ0v) is 11.5. The number of anilines is 1. The largest absolute Gasteiger partial charge is 0.476 e. The quantitative estimate of drug-likeness (QED) is 0.839. The molecule has 0 spiro atoms. The van der Waals surface area contributed by atoms with E-state index in [0.29, 0.717) is 10.9 Å². The molecule has 0 aliphatic rings. The highest BCUT2D eigenvalue weighted by Crippen LogP contribution is 2.24. The van der Waals surface area contributed by atoms with E-state index in [-0.39, 0.29) is 23.7 Å². The van der Waals surface area contributed by atoms with Crippen LogP contribution < -0.4 is 5.32 Å². The summed E-state index contributed by atoms with van der Waals surface area (Å²) in [6, 6.07) is 6.92. The number of rotatable bonds is 5. The number of hydrogen-bond acceptors (Lipinski definition) is 6. The number of aromatic carboxylic acids is 1. The molecule has 1 aromatic heterocycles. The van der Waals surface area contributed by atoms with Gasteiger partial charge in [-0.25, -0.2) is 13.2 Å². The van der Waals surface area contributed by atoms with Crippen molar-refractivity contribution < 1.29 is 18.3 Å². The number of hydrogen-bond donors (Lipinski definition) is 2. The van der Waals surface area contributed by atoms with Gasteiger partial charge in [-0.15, -0.1) is 10.2 Å². The summed E-state index contributed by atoms with van der Waals surface area (Å²) < 4.78 is 22.2. The predicted octanol–water partition coefficient (Wildman–Crippen LogP) is 0.784. The van der Waals surface area contributed by atoms with Crippen LogP contribution in [0.5, 0.6) is 0 Å². The fraction of sp³-hybridized carbons (Fsp3) is 0.250. The molecule has 1 aromatic carbocycles. The third kappa shape index (κ3) is 3.21. The van der Waals surface area contributed by atoms with Crippen molar-refractivity contribution in [3.8, 4) is 0 Å². The molecule has 1 heterocycles. The second-order valence-corrected chi connectivity index (χ2v) is 6.56. The lowest BCUT2D eigenvalue weighted by atomic mass is 10.1. The third-order valence-corrected chi connectivity index (χ3v) is 3.59. The minimum Gasteiger partial charge on any atom is -0.476 e. The Kier molecular flexibility index (Phi) is 3.84. The summed E-state index contributed by atoms with van der Waals surface area (Å²) in [5.41, 5.74) is 0.600. The SMILES string of the molecule is CS(=O)(=O)CCNc1c(C(=O)O)nnc2ccccc12. The van der Waals surface area contributed by atoms with Crippen LogP contribution in [0.4, 0.5) is 5.69 Å². The summed E-state index contributed by atoms with van der Waals surface area (Å²) in [7, 11) is -3.13. The van der Waals surface area contributed by atoms with Gasteiger partial charge < -0.3 is 10.4 Å². The Morgan fingerprint density at radius 1 is 1.30 bits per heavy atom. The van der Waals surface area contributed by atoms with Crippen molar-refractivity contribution >= 4 is 32.4 Å². The molecule has 0 fully saturated rings. The van der Waals surface area contributed by atoms with Crippen molar-refractivity contribution in [2.75, 3.05) is 23.9 Å². The topological polar surface area (TPSA) is 109 Å². The number of sulfone groups is 1. The number of carboxylic acids is 1. The molecule has 0 unspecified atom stereocenters. The van der Waals surface area contributed by atoms with Crippen LogP contribution in [0, 0.1) is 0 Å². The smallest absolute Gasteiger partial charge is 0.358 e. The molecule has 0 atom stereocenters. The molecule has 0 bridgehead atoms. The Bertz CT molecular complexity index is 758. The molecule has 0 aliphatic carbocycles. The first-order chi connectivity index (χ1) is 9.38. The highest BCUT2D eigenvalue weighted by molar-refractivity contribution is 7.90. The minimum atomic E-state index is -3.13. The average molecular weight is 295 g/mol. The van der Waals surface area contributed by atoms with E-state index in [9.17, 15) is 13.2 Å². The van der Waals surface area contributed by atoms with Gasteiger partial charge in [-0.1, -0.05) is 18.2 Å². The molecule has 20 heavy (non-hydrogen) atoms. The van der Waals surface area contributed by atoms with Crippen molar-refractivity contribution in [3.05, 3.63) is 30.0 Å². The van der Waals surface area contributed by atoms with Crippen LogP contribution in [-0.4, -0.2) is 48.2 Å². The Labute approximate surface area is 115 Å². The first-order valence-electron chi connectivity index (χ1n) is 5.79. The van der Waals surface area contributed by atoms with Crippen molar-refractivity contribution in [1.29, 1.82) is 0 Å². The Hall–Kier alpha value is -2.22. The zero-order chi connectivity index (χ0) is 14.8. The number of nitrogens with one attached hydrogen (secondary N) is 1. The van der Waals surface area contributed by atoms with Crippen LogP contribution in [-0.2, 0) is 9.84 Å². The summed E-state index contributed by atoms with van der Waals surface area (Å²) in [5.74, 6) is -1.31. The molecule has 106 valence electrons. The normalized spacial score (nSPS) is 11.4. The van der Waals surface area contributed by atoms with Crippen molar-refractivity contribution in [2.24, 2.45) is 0 Å². The lowest BCUT2D eigenvalue weighted by Crippen LogP contribution is -2.17. The second-order valence-electron chi connectivity index (χ2n) is 4.30. The lowest BCUT2D eigenvalue weighted by Gasteiger charge is -2.10. The molecule has 0 saturated heterocycles. The molecule has 2 aromatic rings. The van der Waals surface area contributed by atoms with Crippen LogP contribution in [0.1, 0.15) is 10.5 Å². The lowest BCUT2D eigenvalue weighted by molar-refractivity contribution is 0.0690. The van der Waals surface area contributed by atoms with Gasteiger partial charge in [0.2, 0.25) is 0 Å². The van der Waals surface area contributed by atoms with Gasteiger partial charge in [-0.2, -0.15) is 0 Å². The van der Waals surface area contributed by atoms with E-state index >= 15 is 0 Å². The van der Waals surface area contributed by atoms with E-state index in [1.165, 1.54) is 0 Å². The third-order valence-electron chi connectivity index (χ3n) is 2.65. The maximum absolute atomic E-state index is 11.2. The van der Waals surface area contributed by atoms with E-state index in [1.807, 2.05) is 0 Å². The van der Waals surface area contributed by atoms with Gasteiger partial charge in [-0.3, -0.25) is 0 Å². The highest BCUT2D eigenvalue weighted by atomic mass is 32.2. The molecule has 2 rings (SSSR count). The summed E-state index contributed by atoms with van der Waals surface area (Å²) in [6.07, 6.45) is 1.12. The molecular formula is C12H13N3O4S. The van der Waals surface area contributed by atoms with Gasteiger partial charge in [0.25, 0.3) is 0 Å². The van der Waals surface area contributed by atoms with E-state index < -0.39 is 15.8 Å². The number of fused-ring (bicyclic) bond motifs is 1. The van der Waals surface area contributed by atoms with Gasteiger partial charge in [0, 0.05) is 18.2 Å². The van der Waals surface area contributed by atoms with Crippen molar-refractivity contribution in [1.82, 2.24) is 10.2 Å². The Morgan fingerprint density at radius 2 is 2.00 bits per heavy atom. The van der Waals surface area contributed by atoms with Crippen molar-refractivity contribution in [2.45, 2.75) is 0 Å². The summed E-state index contributed by atoms with van der Waals surface area (Å²) >= 11 is 0. The molecular weight excluding hydrogens is 282 g/mol. The van der Waals surface area contributed by atoms with Crippen LogP contribution in [0.15, 0.2) is 24.3 Å². The molecule has 0 aliphatic heterocycles. The maximum Gasteiger partial charge on any atom is 0.358 e. The Balaban J connectivity index is 2.42. The zero-order valence-electron chi connectivity index (χ0n) is 10.7. The first kappa shape index (κ1) is 14.2. The predicted molar refractivity (Wildman–Crippen MR) is 74.7 cm³/mol. The molecule has 2 N–H and O–H groups in total. The fourth-order valence-corrected chi connectivity index (χ4v) is 2.22. The molecule has 0 radical (unpaired) electrons. The highest BCUT2D eigenvalue weighted by Gasteiger charge is 2.16. The van der Waals surface area contributed by atoms with Gasteiger partial charge in [0.05, 0.1) is 17.0 Å². The van der Waals surface area contributed by atoms with Crippen LogP contribution in [0.3, 0.4) is 0 Å². The van der Waals surface area contributed by atoms with Gasteiger partial charge in [0.15, 0.2) is 5.69 Å². The van der Waals surface area contributed by atoms with Crippen LogP contribution in [0.2, 0.25) is 0 Å². The fourth-order valence-electron chi connectivity index (χ4n) is 1.74. The number of carboxylic acid groups (broad SMARTS) is 1. The average Bonchev–Trinajstić information content (AvgIpc) is 2.37. The number of aromatic nitrogens is 2. The molecule has 0 saturated carbocycles. The summed E-state index contributed by atoms with van der Waals surface area (Å²) in [6.45, 7) is 0.106. The van der Waals surface area contributed by atoms with Gasteiger partial charge in [-0.05, 0) is 6.07 Å².